The first-order valence-electron chi connectivity index (χ1n) is 6.85. The van der Waals surface area contributed by atoms with Crippen molar-refractivity contribution in [2.75, 3.05) is 17.6 Å². The minimum atomic E-state index is 0.173. The Morgan fingerprint density at radius 2 is 1.62 bits per heavy atom. The standard InChI is InChI=1S/C17H18BrNOS/c18-11-12-19(13-15-7-3-1-4-8-15)17(20)14-21-16-9-5-2-6-10-16/h1-10H,11-14H2. The van der Waals surface area contributed by atoms with Gasteiger partial charge in [-0.25, -0.2) is 0 Å². The lowest BCUT2D eigenvalue weighted by molar-refractivity contribution is -0.128. The molecule has 0 N–H and O–H groups in total. The van der Waals surface area contributed by atoms with Crippen LogP contribution in [0.2, 0.25) is 0 Å². The summed E-state index contributed by atoms with van der Waals surface area (Å²) in [7, 11) is 0. The molecule has 110 valence electrons. The zero-order valence-electron chi connectivity index (χ0n) is 11.7. The molecule has 0 atom stereocenters. The molecule has 0 radical (unpaired) electrons. The minimum Gasteiger partial charge on any atom is -0.337 e. The Kier molecular flexibility index (Phi) is 6.83. The quantitative estimate of drug-likeness (QED) is 0.542. The molecule has 0 unspecified atom stereocenters. The molecule has 0 bridgehead atoms. The van der Waals surface area contributed by atoms with Crippen LogP contribution in [-0.2, 0) is 11.3 Å². The van der Waals surface area contributed by atoms with E-state index in [1.165, 1.54) is 0 Å². The number of hydrogen-bond donors (Lipinski definition) is 0. The zero-order valence-corrected chi connectivity index (χ0v) is 14.1. The Balaban J connectivity index is 1.92. The van der Waals surface area contributed by atoms with Crippen molar-refractivity contribution in [2.45, 2.75) is 11.4 Å². The molecule has 0 spiro atoms. The van der Waals surface area contributed by atoms with Crippen molar-refractivity contribution in [2.24, 2.45) is 0 Å². The molecule has 0 aliphatic carbocycles. The molecule has 0 saturated heterocycles. The van der Waals surface area contributed by atoms with Crippen molar-refractivity contribution in [1.82, 2.24) is 4.90 Å². The third-order valence-electron chi connectivity index (χ3n) is 3.03. The van der Waals surface area contributed by atoms with E-state index >= 15 is 0 Å². The maximum absolute atomic E-state index is 12.4. The monoisotopic (exact) mass is 363 g/mol. The smallest absolute Gasteiger partial charge is 0.233 e. The van der Waals surface area contributed by atoms with Gasteiger partial charge >= 0.3 is 0 Å². The molecular weight excluding hydrogens is 346 g/mol. The second kappa shape index (κ2) is 8.90. The summed E-state index contributed by atoms with van der Waals surface area (Å²) in [5, 5.41) is 0.793. The summed E-state index contributed by atoms with van der Waals surface area (Å²) in [4.78, 5) is 15.4. The van der Waals surface area contributed by atoms with Gasteiger partial charge in [-0.3, -0.25) is 4.79 Å². The molecule has 0 fully saturated rings. The highest BCUT2D eigenvalue weighted by Gasteiger charge is 2.13. The Bertz CT molecular complexity index is 547. The summed E-state index contributed by atoms with van der Waals surface area (Å²) in [6.07, 6.45) is 0. The third-order valence-corrected chi connectivity index (χ3v) is 4.38. The van der Waals surface area contributed by atoms with E-state index in [0.717, 1.165) is 22.3 Å². The lowest BCUT2D eigenvalue weighted by Crippen LogP contribution is -2.33. The number of hydrogen-bond acceptors (Lipinski definition) is 2. The first-order valence-corrected chi connectivity index (χ1v) is 8.96. The molecule has 2 nitrogen and oxygen atoms in total. The van der Waals surface area contributed by atoms with Crippen LogP contribution < -0.4 is 0 Å². The van der Waals surface area contributed by atoms with Gasteiger partial charge in [0.2, 0.25) is 5.91 Å². The Labute approximate surface area is 138 Å². The van der Waals surface area contributed by atoms with Gasteiger partial charge in [-0.05, 0) is 17.7 Å². The van der Waals surface area contributed by atoms with Crippen LogP contribution in [0.15, 0.2) is 65.6 Å². The van der Waals surface area contributed by atoms with Crippen LogP contribution in [0, 0.1) is 0 Å². The first kappa shape index (κ1) is 16.1. The second-order valence-corrected chi connectivity index (χ2v) is 6.43. The fraction of sp³-hybridized carbons (Fsp3) is 0.235. The van der Waals surface area contributed by atoms with Gasteiger partial charge in [-0.2, -0.15) is 0 Å². The zero-order chi connectivity index (χ0) is 14.9. The van der Waals surface area contributed by atoms with Crippen molar-refractivity contribution in [3.05, 3.63) is 66.2 Å². The molecular formula is C17H18BrNOS. The van der Waals surface area contributed by atoms with E-state index in [1.54, 1.807) is 11.8 Å². The molecule has 2 rings (SSSR count). The van der Waals surface area contributed by atoms with Gasteiger partial charge in [-0.15, -0.1) is 11.8 Å². The number of carbonyl (C=O) groups excluding carboxylic acids is 1. The van der Waals surface area contributed by atoms with E-state index in [9.17, 15) is 4.79 Å². The molecule has 2 aromatic carbocycles. The summed E-state index contributed by atoms with van der Waals surface area (Å²) in [5.74, 6) is 0.649. The fourth-order valence-corrected chi connectivity index (χ4v) is 3.20. The lowest BCUT2D eigenvalue weighted by Gasteiger charge is -2.21. The third kappa shape index (κ3) is 5.56. The van der Waals surface area contributed by atoms with Gasteiger partial charge in [0.05, 0.1) is 5.75 Å². The predicted molar refractivity (Wildman–Crippen MR) is 92.8 cm³/mol. The first-order chi connectivity index (χ1) is 10.3. The largest absolute Gasteiger partial charge is 0.337 e. The summed E-state index contributed by atoms with van der Waals surface area (Å²) in [6.45, 7) is 1.39. The highest BCUT2D eigenvalue weighted by Crippen LogP contribution is 2.18. The number of carbonyl (C=O) groups is 1. The molecule has 0 aliphatic rings. The number of amides is 1. The number of benzene rings is 2. The van der Waals surface area contributed by atoms with Crippen molar-refractivity contribution >= 4 is 33.6 Å². The second-order valence-electron chi connectivity index (χ2n) is 4.59. The Morgan fingerprint density at radius 1 is 1.00 bits per heavy atom. The van der Waals surface area contributed by atoms with Crippen molar-refractivity contribution < 1.29 is 4.79 Å². The Morgan fingerprint density at radius 3 is 2.24 bits per heavy atom. The van der Waals surface area contributed by atoms with E-state index in [1.807, 2.05) is 53.4 Å². The number of nitrogens with zero attached hydrogens (tertiary/aromatic N) is 1. The van der Waals surface area contributed by atoms with Crippen molar-refractivity contribution in [3.8, 4) is 0 Å². The van der Waals surface area contributed by atoms with Crippen LogP contribution in [0.5, 0.6) is 0 Å². The van der Waals surface area contributed by atoms with E-state index < -0.39 is 0 Å². The lowest BCUT2D eigenvalue weighted by atomic mass is 10.2. The van der Waals surface area contributed by atoms with Gasteiger partial charge < -0.3 is 4.90 Å². The average molecular weight is 364 g/mol. The van der Waals surface area contributed by atoms with Crippen LogP contribution in [0.1, 0.15) is 5.56 Å². The summed E-state index contributed by atoms with van der Waals surface area (Å²) >= 11 is 5.01. The number of alkyl halides is 1. The van der Waals surface area contributed by atoms with E-state index in [0.29, 0.717) is 12.3 Å². The van der Waals surface area contributed by atoms with Gasteiger partial charge in [0.15, 0.2) is 0 Å². The Hall–Kier alpha value is -1.26. The van der Waals surface area contributed by atoms with Crippen LogP contribution in [0.4, 0.5) is 0 Å². The molecule has 1 amide bonds. The molecule has 0 saturated carbocycles. The van der Waals surface area contributed by atoms with E-state index in [-0.39, 0.29) is 5.91 Å². The average Bonchev–Trinajstić information content (AvgIpc) is 2.54. The molecule has 0 aromatic heterocycles. The molecule has 2 aromatic rings. The minimum absolute atomic E-state index is 0.173. The maximum atomic E-state index is 12.4. The van der Waals surface area contributed by atoms with Crippen molar-refractivity contribution in [1.29, 1.82) is 0 Å². The van der Waals surface area contributed by atoms with Crippen LogP contribution in [0.3, 0.4) is 0 Å². The van der Waals surface area contributed by atoms with E-state index in [2.05, 4.69) is 28.1 Å². The predicted octanol–water partition coefficient (Wildman–Crippen LogP) is 4.20. The normalized spacial score (nSPS) is 10.3. The van der Waals surface area contributed by atoms with Gasteiger partial charge in [-0.1, -0.05) is 64.5 Å². The molecule has 0 heterocycles. The number of halogens is 1. The van der Waals surface area contributed by atoms with E-state index in [4.69, 9.17) is 0 Å². The highest BCUT2D eigenvalue weighted by atomic mass is 79.9. The topological polar surface area (TPSA) is 20.3 Å². The number of rotatable bonds is 7. The van der Waals surface area contributed by atoms with Crippen LogP contribution >= 0.6 is 27.7 Å². The maximum Gasteiger partial charge on any atom is 0.233 e. The molecule has 0 aliphatic heterocycles. The SMILES string of the molecule is O=C(CSc1ccccc1)N(CCBr)Cc1ccccc1. The summed E-state index contributed by atoms with van der Waals surface area (Å²) < 4.78 is 0. The van der Waals surface area contributed by atoms with Gasteiger partial charge in [0.1, 0.15) is 0 Å². The highest BCUT2D eigenvalue weighted by molar-refractivity contribution is 9.09. The van der Waals surface area contributed by atoms with Crippen molar-refractivity contribution in [3.63, 3.8) is 0 Å². The van der Waals surface area contributed by atoms with Gasteiger partial charge in [0.25, 0.3) is 0 Å². The summed E-state index contributed by atoms with van der Waals surface area (Å²) in [5.41, 5.74) is 1.16. The molecule has 4 heteroatoms. The van der Waals surface area contributed by atoms with Gasteiger partial charge in [0, 0.05) is 23.3 Å². The number of thioether (sulfide) groups is 1. The summed E-state index contributed by atoms with van der Waals surface area (Å²) in [6, 6.07) is 20.1. The van der Waals surface area contributed by atoms with Crippen LogP contribution in [-0.4, -0.2) is 28.4 Å². The fourth-order valence-electron chi connectivity index (χ4n) is 1.95. The van der Waals surface area contributed by atoms with Crippen LogP contribution in [0.25, 0.3) is 0 Å². The molecule has 21 heavy (non-hydrogen) atoms.